The summed E-state index contributed by atoms with van der Waals surface area (Å²) in [6, 6.07) is 0. The van der Waals surface area contributed by atoms with E-state index >= 15 is 0 Å². The van der Waals surface area contributed by atoms with Crippen LogP contribution in [0.2, 0.25) is 10.6 Å². The van der Waals surface area contributed by atoms with Crippen LogP contribution < -0.4 is 0 Å². The lowest BCUT2D eigenvalue weighted by Gasteiger charge is -2.10. The van der Waals surface area contributed by atoms with E-state index in [2.05, 4.69) is 38.4 Å². The van der Waals surface area contributed by atoms with Crippen molar-refractivity contribution in [3.05, 3.63) is 0 Å². The summed E-state index contributed by atoms with van der Waals surface area (Å²) in [7, 11) is 0. The molecule has 0 aromatic rings. The highest BCUT2D eigenvalue weighted by molar-refractivity contribution is 6.67. The molecular formula is C13H24AlCl. The van der Waals surface area contributed by atoms with Gasteiger partial charge in [-0.3, -0.25) is 0 Å². The summed E-state index contributed by atoms with van der Waals surface area (Å²) >= 11 is 4.83. The molecule has 0 bridgehead atoms. The maximum Gasteiger partial charge on any atom is 0.376 e. The lowest BCUT2D eigenvalue weighted by molar-refractivity contribution is 0.695. The molecule has 15 heavy (non-hydrogen) atoms. The summed E-state index contributed by atoms with van der Waals surface area (Å²) in [5.74, 6) is 5.69. The molecule has 0 N–H and O–H groups in total. The van der Waals surface area contributed by atoms with E-state index in [1.807, 2.05) is 0 Å². The number of alkyl halides is 1. The van der Waals surface area contributed by atoms with Crippen molar-refractivity contribution in [1.82, 2.24) is 0 Å². The van der Waals surface area contributed by atoms with E-state index in [1.165, 1.54) is 10.6 Å². The van der Waals surface area contributed by atoms with Gasteiger partial charge in [0.05, 0.1) is 0 Å². The Labute approximate surface area is 105 Å². The predicted molar refractivity (Wildman–Crippen MR) is 72.8 cm³/mol. The van der Waals surface area contributed by atoms with Crippen LogP contribution in [0.4, 0.5) is 0 Å². The molecule has 0 unspecified atom stereocenters. The monoisotopic (exact) mass is 242 g/mol. The average molecular weight is 243 g/mol. The molecule has 0 saturated carbocycles. The zero-order valence-electron chi connectivity index (χ0n) is 10.6. The number of rotatable bonds is 6. The highest BCUT2D eigenvalue weighted by Gasteiger charge is 2.18. The third kappa shape index (κ3) is 10.7. The van der Waals surface area contributed by atoms with E-state index < -0.39 is 14.1 Å². The first-order valence-electron chi connectivity index (χ1n) is 6.10. The third-order valence-electron chi connectivity index (χ3n) is 2.25. The minimum Gasteiger partial charge on any atom is -0.205 e. The van der Waals surface area contributed by atoms with Gasteiger partial charge in [-0.1, -0.05) is 50.1 Å². The summed E-state index contributed by atoms with van der Waals surface area (Å²) in [5, 5.41) is 2.73. The molecule has 86 valence electrons. The summed E-state index contributed by atoms with van der Waals surface area (Å²) in [6.07, 6.45) is 2.03. The number of hydrogen-bond donors (Lipinski definition) is 0. The summed E-state index contributed by atoms with van der Waals surface area (Å²) in [5.41, 5.74) is 0. The van der Waals surface area contributed by atoms with Gasteiger partial charge in [0.1, 0.15) is 0 Å². The summed E-state index contributed by atoms with van der Waals surface area (Å²) < 4.78 is 0. The van der Waals surface area contributed by atoms with Gasteiger partial charge in [-0.15, -0.1) is 17.5 Å². The van der Waals surface area contributed by atoms with Gasteiger partial charge in [0.25, 0.3) is 0 Å². The molecular weight excluding hydrogens is 219 g/mol. The molecule has 0 aromatic carbocycles. The maximum absolute atomic E-state index is 5.63. The average Bonchev–Trinajstić information content (AvgIpc) is 2.10. The quantitative estimate of drug-likeness (QED) is 0.281. The van der Waals surface area contributed by atoms with Crippen LogP contribution in [0.5, 0.6) is 0 Å². The van der Waals surface area contributed by atoms with Gasteiger partial charge in [0, 0.05) is 12.3 Å². The van der Waals surface area contributed by atoms with E-state index in [4.69, 9.17) is 11.6 Å². The highest BCUT2D eigenvalue weighted by atomic mass is 35.5. The molecule has 0 aliphatic rings. The maximum atomic E-state index is 5.63. The van der Waals surface area contributed by atoms with E-state index in [0.29, 0.717) is 0 Å². The first-order valence-corrected chi connectivity index (χ1v) is 8.85. The van der Waals surface area contributed by atoms with Crippen LogP contribution in [0.3, 0.4) is 0 Å². The van der Waals surface area contributed by atoms with Crippen LogP contribution in [0.25, 0.3) is 0 Å². The largest absolute Gasteiger partial charge is 0.376 e. The zero-order chi connectivity index (χ0) is 11.7. The van der Waals surface area contributed by atoms with Crippen molar-refractivity contribution in [2.45, 2.75) is 51.1 Å². The topological polar surface area (TPSA) is 0 Å². The van der Waals surface area contributed by atoms with Crippen molar-refractivity contribution in [3.8, 4) is 10.7 Å². The van der Waals surface area contributed by atoms with Crippen LogP contribution in [-0.4, -0.2) is 20.0 Å². The fourth-order valence-electron chi connectivity index (χ4n) is 1.72. The molecule has 0 amide bonds. The van der Waals surface area contributed by atoms with Gasteiger partial charge < -0.3 is 0 Å². The number of halogens is 1. The fraction of sp³-hybridized carbons (Fsp3) is 0.846. The Morgan fingerprint density at radius 3 is 2.00 bits per heavy atom. The minimum absolute atomic E-state index is 0.745. The smallest absolute Gasteiger partial charge is 0.205 e. The molecule has 0 atom stereocenters. The van der Waals surface area contributed by atoms with E-state index in [0.717, 1.165) is 30.6 Å². The van der Waals surface area contributed by atoms with Crippen molar-refractivity contribution < 1.29 is 0 Å². The highest BCUT2D eigenvalue weighted by Crippen LogP contribution is 2.13. The van der Waals surface area contributed by atoms with E-state index in [-0.39, 0.29) is 0 Å². The molecule has 0 saturated heterocycles. The lowest BCUT2D eigenvalue weighted by Crippen LogP contribution is -2.15. The van der Waals surface area contributed by atoms with Crippen molar-refractivity contribution in [1.29, 1.82) is 0 Å². The van der Waals surface area contributed by atoms with Crippen LogP contribution in [0, 0.1) is 22.5 Å². The van der Waals surface area contributed by atoms with Crippen molar-refractivity contribution >= 4 is 25.7 Å². The van der Waals surface area contributed by atoms with Crippen LogP contribution >= 0.6 is 11.6 Å². The summed E-state index contributed by atoms with van der Waals surface area (Å²) in [6.45, 7) is 9.23. The predicted octanol–water partition coefficient (Wildman–Crippen LogP) is 4.35. The Kier molecular flexibility index (Phi) is 9.84. The van der Waals surface area contributed by atoms with Crippen LogP contribution in [0.15, 0.2) is 0 Å². The molecule has 0 radical (unpaired) electrons. The molecule has 0 fully saturated rings. The normalized spacial score (nSPS) is 10.3. The van der Waals surface area contributed by atoms with Gasteiger partial charge in [0.15, 0.2) is 0 Å². The lowest BCUT2D eigenvalue weighted by atomic mass is 10.3. The second kappa shape index (κ2) is 9.60. The van der Waals surface area contributed by atoms with Gasteiger partial charge in [-0.2, -0.15) is 0 Å². The fourth-order valence-corrected chi connectivity index (χ4v) is 4.99. The molecule has 0 nitrogen and oxygen atoms in total. The first kappa shape index (κ1) is 15.4. The van der Waals surface area contributed by atoms with Gasteiger partial charge in [-0.25, -0.2) is 4.78 Å². The molecule has 0 spiro atoms. The zero-order valence-corrected chi connectivity index (χ0v) is 12.6. The van der Waals surface area contributed by atoms with Gasteiger partial charge in [0.2, 0.25) is 0 Å². The molecule has 2 heteroatoms. The van der Waals surface area contributed by atoms with E-state index in [1.54, 1.807) is 0 Å². The summed E-state index contributed by atoms with van der Waals surface area (Å²) in [4.78, 5) is 3.55. The van der Waals surface area contributed by atoms with Gasteiger partial charge in [-0.05, 0) is 6.42 Å². The van der Waals surface area contributed by atoms with Gasteiger partial charge >= 0.3 is 14.1 Å². The Morgan fingerprint density at radius 1 is 1.07 bits per heavy atom. The first-order chi connectivity index (χ1) is 7.06. The van der Waals surface area contributed by atoms with Crippen molar-refractivity contribution in [2.24, 2.45) is 11.8 Å². The Hall–Kier alpha value is 0.382. The minimum atomic E-state index is -0.796. The number of hydrogen-bond acceptors (Lipinski definition) is 0. The van der Waals surface area contributed by atoms with E-state index in [9.17, 15) is 0 Å². The molecule has 0 aliphatic carbocycles. The third-order valence-corrected chi connectivity index (χ3v) is 6.16. The Morgan fingerprint density at radius 2 is 1.60 bits per heavy atom. The Bertz CT molecular complexity index is 190. The van der Waals surface area contributed by atoms with Crippen LogP contribution in [-0.2, 0) is 0 Å². The molecule has 0 aromatic heterocycles. The second-order valence-electron chi connectivity index (χ2n) is 5.07. The Balaban J connectivity index is 4.02. The molecule has 0 heterocycles. The van der Waals surface area contributed by atoms with Crippen molar-refractivity contribution in [2.75, 3.05) is 5.88 Å². The SMILES string of the molecule is CC(C)[CH2][Al]([C]#CCCCCl)[CH2]C(C)C. The van der Waals surface area contributed by atoms with Crippen LogP contribution in [0.1, 0.15) is 40.5 Å². The standard InChI is InChI=1S/C5H6Cl.2C4H9.Al/c1-2-3-4-5-6;2*1-4(2)3;/h3-5H2;2*4H,1H2,2-3H3;. The number of unbranched alkanes of at least 4 members (excludes halogenated alkanes) is 1. The molecule has 0 aliphatic heterocycles. The molecule has 0 rings (SSSR count). The second-order valence-corrected chi connectivity index (χ2v) is 8.07. The van der Waals surface area contributed by atoms with Crippen molar-refractivity contribution in [3.63, 3.8) is 0 Å².